The summed E-state index contributed by atoms with van der Waals surface area (Å²) in [5.41, 5.74) is 7.35. The molecule has 3 nitrogen and oxygen atoms in total. The number of methoxy groups -OCH3 is 1. The van der Waals surface area contributed by atoms with Gasteiger partial charge in [-0.1, -0.05) is 6.07 Å². The molecular formula is C15H24BrClN2O. The zero-order valence-corrected chi connectivity index (χ0v) is 14.5. The van der Waals surface area contributed by atoms with Crippen molar-refractivity contribution in [3.63, 3.8) is 0 Å². The number of hydrogen-bond donors (Lipinski definition) is 1. The standard InChI is InChI=1S/C15H23BrN2O.ClH/c1-11(17)13-4-3-7-18(10-13)9-12-5-6-15(19-2)14(16)8-12;/h5-6,8,11,13H,3-4,7,9-10,17H2,1-2H3;1H. The van der Waals surface area contributed by atoms with Gasteiger partial charge in [-0.05, 0) is 65.9 Å². The third-order valence-corrected chi connectivity index (χ3v) is 4.53. The minimum absolute atomic E-state index is 0. The predicted molar refractivity (Wildman–Crippen MR) is 89.6 cm³/mol. The third-order valence-electron chi connectivity index (χ3n) is 3.91. The summed E-state index contributed by atoms with van der Waals surface area (Å²) in [6.45, 7) is 5.40. The maximum absolute atomic E-state index is 6.03. The average molecular weight is 364 g/mol. The molecule has 2 rings (SSSR count). The molecule has 0 spiro atoms. The number of nitrogens with zero attached hydrogens (tertiary/aromatic N) is 1. The fourth-order valence-corrected chi connectivity index (χ4v) is 3.32. The Morgan fingerprint density at radius 1 is 1.50 bits per heavy atom. The van der Waals surface area contributed by atoms with Gasteiger partial charge >= 0.3 is 0 Å². The number of hydrogen-bond acceptors (Lipinski definition) is 3. The zero-order chi connectivity index (χ0) is 13.8. The van der Waals surface area contributed by atoms with Crippen LogP contribution in [0.3, 0.4) is 0 Å². The SMILES string of the molecule is COc1ccc(CN2CCCC(C(C)N)C2)cc1Br.Cl. The molecule has 0 amide bonds. The van der Waals surface area contributed by atoms with Gasteiger partial charge in [-0.25, -0.2) is 0 Å². The van der Waals surface area contributed by atoms with E-state index in [4.69, 9.17) is 10.5 Å². The molecule has 1 fully saturated rings. The zero-order valence-electron chi connectivity index (χ0n) is 12.1. The van der Waals surface area contributed by atoms with E-state index in [0.717, 1.165) is 23.3 Å². The van der Waals surface area contributed by atoms with Gasteiger partial charge in [-0.15, -0.1) is 12.4 Å². The van der Waals surface area contributed by atoms with E-state index in [1.54, 1.807) is 7.11 Å². The summed E-state index contributed by atoms with van der Waals surface area (Å²) in [6.07, 6.45) is 2.52. The van der Waals surface area contributed by atoms with Crippen molar-refractivity contribution in [3.05, 3.63) is 28.2 Å². The van der Waals surface area contributed by atoms with Crippen molar-refractivity contribution in [1.82, 2.24) is 4.90 Å². The highest BCUT2D eigenvalue weighted by Gasteiger charge is 2.22. The molecule has 1 aromatic rings. The molecule has 0 aliphatic carbocycles. The lowest BCUT2D eigenvalue weighted by atomic mass is 9.92. The molecule has 1 aliphatic rings. The van der Waals surface area contributed by atoms with Gasteiger partial charge in [-0.2, -0.15) is 0 Å². The van der Waals surface area contributed by atoms with Crippen LogP contribution in [0, 0.1) is 5.92 Å². The highest BCUT2D eigenvalue weighted by atomic mass is 79.9. The Morgan fingerprint density at radius 3 is 2.85 bits per heavy atom. The molecule has 2 N–H and O–H groups in total. The largest absolute Gasteiger partial charge is 0.496 e. The Kier molecular flexibility index (Phi) is 7.30. The minimum atomic E-state index is 0. The van der Waals surface area contributed by atoms with E-state index in [2.05, 4.69) is 39.9 Å². The van der Waals surface area contributed by atoms with Gasteiger partial charge in [0.05, 0.1) is 11.6 Å². The number of benzene rings is 1. The molecule has 0 bridgehead atoms. The van der Waals surface area contributed by atoms with Gasteiger partial charge in [-0.3, -0.25) is 4.90 Å². The molecule has 1 heterocycles. The van der Waals surface area contributed by atoms with Gasteiger partial charge in [0, 0.05) is 19.1 Å². The summed E-state index contributed by atoms with van der Waals surface area (Å²) in [7, 11) is 1.69. The number of nitrogens with two attached hydrogens (primary N) is 1. The monoisotopic (exact) mass is 362 g/mol. The summed E-state index contributed by atoms with van der Waals surface area (Å²) in [4.78, 5) is 2.51. The maximum atomic E-state index is 6.03. The minimum Gasteiger partial charge on any atom is -0.496 e. The van der Waals surface area contributed by atoms with Crippen LogP contribution in [-0.4, -0.2) is 31.1 Å². The first-order chi connectivity index (χ1) is 9.10. The Balaban J connectivity index is 0.00000200. The number of piperidine rings is 1. The average Bonchev–Trinajstić information content (AvgIpc) is 2.39. The molecule has 1 aliphatic heterocycles. The Labute approximate surface area is 136 Å². The van der Waals surface area contributed by atoms with Crippen molar-refractivity contribution < 1.29 is 4.74 Å². The van der Waals surface area contributed by atoms with Crippen molar-refractivity contribution >= 4 is 28.3 Å². The van der Waals surface area contributed by atoms with Crippen LogP contribution in [0.2, 0.25) is 0 Å². The summed E-state index contributed by atoms with van der Waals surface area (Å²) in [6, 6.07) is 6.60. The van der Waals surface area contributed by atoms with Gasteiger partial charge in [0.25, 0.3) is 0 Å². The van der Waals surface area contributed by atoms with Gasteiger partial charge in [0.2, 0.25) is 0 Å². The van der Waals surface area contributed by atoms with E-state index >= 15 is 0 Å². The fourth-order valence-electron chi connectivity index (χ4n) is 2.73. The van der Waals surface area contributed by atoms with Crippen molar-refractivity contribution in [2.45, 2.75) is 32.4 Å². The Hall–Kier alpha value is -0.290. The van der Waals surface area contributed by atoms with E-state index in [1.807, 2.05) is 6.07 Å². The smallest absolute Gasteiger partial charge is 0.133 e. The topological polar surface area (TPSA) is 38.5 Å². The molecule has 0 saturated carbocycles. The molecule has 2 unspecified atom stereocenters. The van der Waals surface area contributed by atoms with Gasteiger partial charge in [0.1, 0.15) is 5.75 Å². The Morgan fingerprint density at radius 2 is 2.25 bits per heavy atom. The fraction of sp³-hybridized carbons (Fsp3) is 0.600. The first-order valence-corrected chi connectivity index (χ1v) is 7.70. The number of halogens is 2. The van der Waals surface area contributed by atoms with E-state index in [9.17, 15) is 0 Å². The number of rotatable bonds is 4. The third kappa shape index (κ3) is 4.62. The molecule has 1 saturated heterocycles. The van der Waals surface area contributed by atoms with Crippen LogP contribution in [0.25, 0.3) is 0 Å². The summed E-state index contributed by atoms with van der Waals surface area (Å²) in [5, 5.41) is 0. The van der Waals surface area contributed by atoms with E-state index in [1.165, 1.54) is 24.9 Å². The highest BCUT2D eigenvalue weighted by molar-refractivity contribution is 9.10. The number of ether oxygens (including phenoxy) is 1. The van der Waals surface area contributed by atoms with Crippen molar-refractivity contribution in [3.8, 4) is 5.75 Å². The van der Waals surface area contributed by atoms with Crippen LogP contribution >= 0.6 is 28.3 Å². The van der Waals surface area contributed by atoms with Crippen molar-refractivity contribution in [2.24, 2.45) is 11.7 Å². The van der Waals surface area contributed by atoms with Crippen LogP contribution in [0.5, 0.6) is 5.75 Å². The second-order valence-corrected chi connectivity index (χ2v) is 6.32. The van der Waals surface area contributed by atoms with Crippen molar-refractivity contribution in [1.29, 1.82) is 0 Å². The molecular weight excluding hydrogens is 340 g/mol. The van der Waals surface area contributed by atoms with E-state index in [-0.39, 0.29) is 12.4 Å². The predicted octanol–water partition coefficient (Wildman–Crippen LogP) is 3.44. The van der Waals surface area contributed by atoms with E-state index < -0.39 is 0 Å². The lowest BCUT2D eigenvalue weighted by Gasteiger charge is -2.34. The first kappa shape index (κ1) is 17.8. The highest BCUT2D eigenvalue weighted by Crippen LogP contribution is 2.27. The van der Waals surface area contributed by atoms with Crippen LogP contribution < -0.4 is 10.5 Å². The lowest BCUT2D eigenvalue weighted by Crippen LogP contribution is -2.41. The van der Waals surface area contributed by atoms with Crippen LogP contribution in [0.1, 0.15) is 25.3 Å². The normalized spacial score (nSPS) is 21.1. The van der Waals surface area contributed by atoms with Gasteiger partial charge in [0.15, 0.2) is 0 Å². The second kappa shape index (κ2) is 8.23. The summed E-state index contributed by atoms with van der Waals surface area (Å²) >= 11 is 3.54. The molecule has 0 aromatic heterocycles. The molecule has 2 atom stereocenters. The molecule has 1 aromatic carbocycles. The molecule has 20 heavy (non-hydrogen) atoms. The second-order valence-electron chi connectivity index (χ2n) is 5.47. The van der Waals surface area contributed by atoms with Gasteiger partial charge < -0.3 is 10.5 Å². The first-order valence-electron chi connectivity index (χ1n) is 6.90. The molecule has 0 radical (unpaired) electrons. The lowest BCUT2D eigenvalue weighted by molar-refractivity contribution is 0.154. The number of likely N-dealkylation sites (tertiary alicyclic amines) is 1. The molecule has 114 valence electrons. The Bertz CT molecular complexity index is 428. The quantitative estimate of drug-likeness (QED) is 0.890. The maximum Gasteiger partial charge on any atom is 0.133 e. The van der Waals surface area contributed by atoms with Crippen molar-refractivity contribution in [2.75, 3.05) is 20.2 Å². The summed E-state index contributed by atoms with van der Waals surface area (Å²) in [5.74, 6) is 1.52. The van der Waals surface area contributed by atoms with E-state index in [0.29, 0.717) is 12.0 Å². The van der Waals surface area contributed by atoms with Crippen LogP contribution in [0.4, 0.5) is 0 Å². The molecule has 5 heteroatoms. The van der Waals surface area contributed by atoms with Crippen LogP contribution in [0.15, 0.2) is 22.7 Å². The summed E-state index contributed by atoms with van der Waals surface area (Å²) < 4.78 is 6.28. The van der Waals surface area contributed by atoms with Crippen LogP contribution in [-0.2, 0) is 6.54 Å².